The normalized spacial score (nSPS) is 29.1. The lowest BCUT2D eigenvalue weighted by atomic mass is 9.86. The van der Waals surface area contributed by atoms with Gasteiger partial charge in [0.25, 0.3) is 0 Å². The fraction of sp³-hybridized carbons (Fsp3) is 1.00. The number of alkyl halides is 1. The summed E-state index contributed by atoms with van der Waals surface area (Å²) in [6, 6.07) is 0. The molecule has 2 unspecified atom stereocenters. The molecule has 2 atom stereocenters. The molecule has 1 fully saturated rings. The van der Waals surface area contributed by atoms with Gasteiger partial charge in [0.15, 0.2) is 0 Å². The van der Waals surface area contributed by atoms with E-state index in [0.29, 0.717) is 5.38 Å². The maximum atomic E-state index is 6.29. The SMILES string of the molecule is CCC(CC)CC1CCCCC(Cl)C1. The Morgan fingerprint density at radius 2 is 1.79 bits per heavy atom. The highest BCUT2D eigenvalue weighted by atomic mass is 35.5. The molecule has 0 aromatic rings. The minimum Gasteiger partial charge on any atom is -0.123 e. The molecular formula is C13H25Cl. The van der Waals surface area contributed by atoms with Gasteiger partial charge in [-0.2, -0.15) is 0 Å². The molecule has 0 nitrogen and oxygen atoms in total. The van der Waals surface area contributed by atoms with Gasteiger partial charge in [-0.25, -0.2) is 0 Å². The van der Waals surface area contributed by atoms with Crippen LogP contribution < -0.4 is 0 Å². The number of hydrogen-bond acceptors (Lipinski definition) is 0. The van der Waals surface area contributed by atoms with Crippen LogP contribution in [-0.4, -0.2) is 5.38 Å². The topological polar surface area (TPSA) is 0 Å². The second-order valence-electron chi connectivity index (χ2n) is 4.90. The lowest BCUT2D eigenvalue weighted by Gasteiger charge is -2.21. The average molecular weight is 217 g/mol. The molecule has 1 aliphatic rings. The molecule has 1 saturated carbocycles. The lowest BCUT2D eigenvalue weighted by Crippen LogP contribution is -2.10. The molecule has 0 radical (unpaired) electrons. The molecule has 0 aliphatic heterocycles. The van der Waals surface area contributed by atoms with Crippen LogP contribution >= 0.6 is 11.6 Å². The standard InChI is InChI=1S/C13H25Cl/c1-3-11(4-2)9-12-7-5-6-8-13(14)10-12/h11-13H,3-10H2,1-2H3. The van der Waals surface area contributed by atoms with Crippen LogP contribution in [0.15, 0.2) is 0 Å². The average Bonchev–Trinajstić information content (AvgIpc) is 2.39. The molecule has 0 bridgehead atoms. The summed E-state index contributed by atoms with van der Waals surface area (Å²) in [5, 5.41) is 0.469. The van der Waals surface area contributed by atoms with Gasteiger partial charge in [-0.15, -0.1) is 11.6 Å². The van der Waals surface area contributed by atoms with Gasteiger partial charge in [0.05, 0.1) is 0 Å². The zero-order valence-corrected chi connectivity index (χ0v) is 10.5. The van der Waals surface area contributed by atoms with Gasteiger partial charge in [-0.3, -0.25) is 0 Å². The first-order valence-electron chi connectivity index (χ1n) is 6.40. The molecular weight excluding hydrogens is 192 g/mol. The molecule has 14 heavy (non-hydrogen) atoms. The van der Waals surface area contributed by atoms with E-state index >= 15 is 0 Å². The minimum absolute atomic E-state index is 0.469. The largest absolute Gasteiger partial charge is 0.123 e. The van der Waals surface area contributed by atoms with E-state index in [1.807, 2.05) is 0 Å². The highest BCUT2D eigenvalue weighted by Crippen LogP contribution is 2.32. The lowest BCUT2D eigenvalue weighted by molar-refractivity contribution is 0.326. The van der Waals surface area contributed by atoms with Gasteiger partial charge in [0.1, 0.15) is 0 Å². The van der Waals surface area contributed by atoms with Crippen molar-refractivity contribution in [2.24, 2.45) is 11.8 Å². The van der Waals surface area contributed by atoms with Crippen molar-refractivity contribution in [1.29, 1.82) is 0 Å². The summed E-state index contributed by atoms with van der Waals surface area (Å²) in [5.41, 5.74) is 0. The second-order valence-corrected chi connectivity index (χ2v) is 5.52. The molecule has 0 aromatic carbocycles. The Kier molecular flexibility index (Phi) is 5.93. The summed E-state index contributed by atoms with van der Waals surface area (Å²) in [5.74, 6) is 1.87. The third-order valence-corrected chi connectivity index (χ3v) is 4.19. The van der Waals surface area contributed by atoms with E-state index in [2.05, 4.69) is 13.8 Å². The molecule has 0 amide bonds. The van der Waals surface area contributed by atoms with Crippen LogP contribution in [0, 0.1) is 11.8 Å². The first-order chi connectivity index (χ1) is 6.76. The van der Waals surface area contributed by atoms with E-state index in [1.165, 1.54) is 51.4 Å². The van der Waals surface area contributed by atoms with E-state index < -0.39 is 0 Å². The van der Waals surface area contributed by atoms with Crippen molar-refractivity contribution in [2.45, 2.75) is 70.6 Å². The third-order valence-electron chi connectivity index (χ3n) is 3.79. The van der Waals surface area contributed by atoms with E-state index in [1.54, 1.807) is 0 Å². The van der Waals surface area contributed by atoms with Crippen LogP contribution in [0.25, 0.3) is 0 Å². The fourth-order valence-electron chi connectivity index (χ4n) is 2.70. The molecule has 0 heterocycles. The molecule has 0 spiro atoms. The fourth-order valence-corrected chi connectivity index (χ4v) is 3.11. The van der Waals surface area contributed by atoms with E-state index in [4.69, 9.17) is 11.6 Å². The smallest absolute Gasteiger partial charge is 0.0338 e. The number of rotatable bonds is 4. The van der Waals surface area contributed by atoms with Crippen molar-refractivity contribution in [3.05, 3.63) is 0 Å². The van der Waals surface area contributed by atoms with E-state index in [0.717, 1.165) is 11.8 Å². The predicted molar refractivity (Wildman–Crippen MR) is 64.9 cm³/mol. The summed E-state index contributed by atoms with van der Waals surface area (Å²) in [4.78, 5) is 0. The molecule has 0 saturated heterocycles. The van der Waals surface area contributed by atoms with Gasteiger partial charge in [0.2, 0.25) is 0 Å². The first-order valence-corrected chi connectivity index (χ1v) is 6.83. The summed E-state index contributed by atoms with van der Waals surface area (Å²) in [6.07, 6.45) is 10.8. The molecule has 1 rings (SSSR count). The van der Waals surface area contributed by atoms with Gasteiger partial charge in [0, 0.05) is 5.38 Å². The summed E-state index contributed by atoms with van der Waals surface area (Å²) in [7, 11) is 0. The molecule has 0 N–H and O–H groups in total. The van der Waals surface area contributed by atoms with Gasteiger partial charge in [-0.1, -0.05) is 46.0 Å². The molecule has 84 valence electrons. The van der Waals surface area contributed by atoms with E-state index in [9.17, 15) is 0 Å². The Labute approximate surface area is 94.4 Å². The Bertz CT molecular complexity index is 140. The molecule has 1 aliphatic carbocycles. The maximum Gasteiger partial charge on any atom is 0.0338 e. The van der Waals surface area contributed by atoms with Gasteiger partial charge < -0.3 is 0 Å². The summed E-state index contributed by atoms with van der Waals surface area (Å²) in [6.45, 7) is 4.64. The minimum atomic E-state index is 0.469. The zero-order chi connectivity index (χ0) is 10.4. The van der Waals surface area contributed by atoms with Crippen molar-refractivity contribution in [2.75, 3.05) is 0 Å². The quantitative estimate of drug-likeness (QED) is 0.458. The van der Waals surface area contributed by atoms with Crippen molar-refractivity contribution in [3.63, 3.8) is 0 Å². The monoisotopic (exact) mass is 216 g/mol. The van der Waals surface area contributed by atoms with E-state index in [-0.39, 0.29) is 0 Å². The Balaban J connectivity index is 2.33. The molecule has 0 aromatic heterocycles. The van der Waals surface area contributed by atoms with Crippen LogP contribution in [0.2, 0.25) is 0 Å². The van der Waals surface area contributed by atoms with Gasteiger partial charge >= 0.3 is 0 Å². The van der Waals surface area contributed by atoms with Crippen molar-refractivity contribution >= 4 is 11.6 Å². The van der Waals surface area contributed by atoms with Crippen LogP contribution in [0.1, 0.15) is 65.2 Å². The highest BCUT2D eigenvalue weighted by molar-refractivity contribution is 6.20. The predicted octanol–water partition coefficient (Wildman–Crippen LogP) is 5.00. The van der Waals surface area contributed by atoms with Crippen molar-refractivity contribution < 1.29 is 0 Å². The van der Waals surface area contributed by atoms with Crippen LogP contribution in [0.4, 0.5) is 0 Å². The first kappa shape index (κ1) is 12.4. The van der Waals surface area contributed by atoms with Crippen LogP contribution in [0.5, 0.6) is 0 Å². The Morgan fingerprint density at radius 3 is 2.43 bits per heavy atom. The third kappa shape index (κ3) is 4.21. The highest BCUT2D eigenvalue weighted by Gasteiger charge is 2.20. The number of halogens is 1. The van der Waals surface area contributed by atoms with Crippen LogP contribution in [0.3, 0.4) is 0 Å². The summed E-state index contributed by atoms with van der Waals surface area (Å²) < 4.78 is 0. The van der Waals surface area contributed by atoms with Crippen molar-refractivity contribution in [3.8, 4) is 0 Å². The second kappa shape index (κ2) is 6.71. The van der Waals surface area contributed by atoms with Crippen LogP contribution in [-0.2, 0) is 0 Å². The Hall–Kier alpha value is 0.290. The maximum absolute atomic E-state index is 6.29. The Morgan fingerprint density at radius 1 is 1.14 bits per heavy atom. The number of hydrogen-bond donors (Lipinski definition) is 0. The zero-order valence-electron chi connectivity index (χ0n) is 9.77. The van der Waals surface area contributed by atoms with Gasteiger partial charge in [-0.05, 0) is 31.1 Å². The molecule has 1 heteroatoms. The van der Waals surface area contributed by atoms with Crippen molar-refractivity contribution in [1.82, 2.24) is 0 Å². The summed E-state index contributed by atoms with van der Waals surface area (Å²) >= 11 is 6.29.